The summed E-state index contributed by atoms with van der Waals surface area (Å²) in [5, 5.41) is 0.640. The molecule has 0 aliphatic heterocycles. The first kappa shape index (κ1) is 13.8. The van der Waals surface area contributed by atoms with E-state index in [1.165, 1.54) is 6.07 Å². The van der Waals surface area contributed by atoms with Crippen molar-refractivity contribution in [2.75, 3.05) is 0 Å². The zero-order valence-corrected chi connectivity index (χ0v) is 13.7. The molecule has 0 saturated carbocycles. The van der Waals surface area contributed by atoms with Crippen LogP contribution in [0.15, 0.2) is 10.5 Å². The lowest BCUT2D eigenvalue weighted by Crippen LogP contribution is -2.11. The minimum absolute atomic E-state index is 0.120. The van der Waals surface area contributed by atoms with Crippen molar-refractivity contribution in [2.45, 2.75) is 37.9 Å². The number of hydrogen-bond acceptors (Lipinski definition) is 0. The highest BCUT2D eigenvalue weighted by Gasteiger charge is 2.31. The van der Waals surface area contributed by atoms with Gasteiger partial charge in [0.1, 0.15) is 5.82 Å². The molecule has 2 rings (SSSR count). The summed E-state index contributed by atoms with van der Waals surface area (Å²) in [6.45, 7) is 4.43. The van der Waals surface area contributed by atoms with Crippen molar-refractivity contribution in [3.05, 3.63) is 32.5 Å². The molecular weight excluding hydrogens is 370 g/mol. The second kappa shape index (κ2) is 4.82. The molecule has 1 aliphatic rings. The Morgan fingerprint density at radius 1 is 1.47 bits per heavy atom. The van der Waals surface area contributed by atoms with Crippen molar-refractivity contribution in [1.82, 2.24) is 0 Å². The monoisotopic (exact) mass is 382 g/mol. The average molecular weight is 385 g/mol. The topological polar surface area (TPSA) is 0 Å². The normalized spacial score (nSPS) is 23.1. The number of rotatable bonds is 0. The van der Waals surface area contributed by atoms with Gasteiger partial charge in [0.25, 0.3) is 0 Å². The van der Waals surface area contributed by atoms with Crippen LogP contribution in [0.5, 0.6) is 0 Å². The zero-order valence-electron chi connectivity index (χ0n) is 9.79. The first-order chi connectivity index (χ1) is 7.82. The quantitative estimate of drug-likeness (QED) is 0.291. The van der Waals surface area contributed by atoms with Gasteiger partial charge < -0.3 is 0 Å². The second-order valence-electron chi connectivity index (χ2n) is 5.38. The van der Waals surface area contributed by atoms with Gasteiger partial charge in [0, 0.05) is 9.30 Å². The largest absolute Gasteiger partial charge is 0.207 e. The molecule has 1 aromatic rings. The van der Waals surface area contributed by atoms with Crippen LogP contribution in [0, 0.1) is 11.2 Å². The Morgan fingerprint density at radius 3 is 2.76 bits per heavy atom. The fraction of sp³-hybridized carbons (Fsp3) is 0.538. The van der Waals surface area contributed by atoms with E-state index in [0.29, 0.717) is 9.50 Å². The summed E-state index contributed by atoms with van der Waals surface area (Å²) in [5.41, 5.74) is 1.89. The summed E-state index contributed by atoms with van der Waals surface area (Å²) < 4.78 is 14.6. The predicted molar refractivity (Wildman–Crippen MR) is 77.5 cm³/mol. The number of fused-ring (bicyclic) bond motifs is 1. The van der Waals surface area contributed by atoms with Crippen LogP contribution in [0.3, 0.4) is 0 Å². The summed E-state index contributed by atoms with van der Waals surface area (Å²) in [4.78, 5) is 0.120. The minimum atomic E-state index is -0.154. The van der Waals surface area contributed by atoms with E-state index in [2.05, 4.69) is 45.7 Å². The fourth-order valence-electron chi connectivity index (χ4n) is 2.38. The Balaban J connectivity index is 2.59. The standard InChI is InChI=1S/C13H14Br2ClF/c1-13(2)4-3-7-10(17)5-8(14)12(16)11(7)9(15)6-13/h5,9H,3-4,6H2,1-2H3. The zero-order chi connectivity index (χ0) is 12.8. The minimum Gasteiger partial charge on any atom is -0.207 e. The molecule has 1 aliphatic carbocycles. The van der Waals surface area contributed by atoms with Gasteiger partial charge in [0.2, 0.25) is 0 Å². The maximum Gasteiger partial charge on any atom is 0.127 e. The first-order valence-corrected chi connectivity index (χ1v) is 7.71. The van der Waals surface area contributed by atoms with Crippen LogP contribution in [0.2, 0.25) is 5.02 Å². The van der Waals surface area contributed by atoms with Gasteiger partial charge in [0.05, 0.1) is 5.02 Å². The molecular formula is C13H14Br2ClF. The van der Waals surface area contributed by atoms with Crippen LogP contribution < -0.4 is 0 Å². The van der Waals surface area contributed by atoms with E-state index in [-0.39, 0.29) is 16.1 Å². The molecule has 0 bridgehead atoms. The molecule has 94 valence electrons. The molecule has 0 radical (unpaired) electrons. The van der Waals surface area contributed by atoms with Crippen LogP contribution in [0.25, 0.3) is 0 Å². The van der Waals surface area contributed by atoms with Crippen molar-refractivity contribution in [1.29, 1.82) is 0 Å². The molecule has 4 heteroatoms. The van der Waals surface area contributed by atoms with Gasteiger partial charge in [-0.25, -0.2) is 4.39 Å². The summed E-state index contributed by atoms with van der Waals surface area (Å²) in [7, 11) is 0. The summed E-state index contributed by atoms with van der Waals surface area (Å²) in [5.74, 6) is -0.154. The van der Waals surface area contributed by atoms with Crippen LogP contribution in [-0.4, -0.2) is 0 Å². The van der Waals surface area contributed by atoms with E-state index < -0.39 is 0 Å². The number of benzene rings is 1. The molecule has 0 amide bonds. The second-order valence-corrected chi connectivity index (χ2v) is 7.72. The van der Waals surface area contributed by atoms with E-state index in [4.69, 9.17) is 11.6 Å². The summed E-state index contributed by atoms with van der Waals surface area (Å²) >= 11 is 13.3. The smallest absolute Gasteiger partial charge is 0.127 e. The average Bonchev–Trinajstić information content (AvgIpc) is 2.31. The van der Waals surface area contributed by atoms with Gasteiger partial charge in [-0.2, -0.15) is 0 Å². The van der Waals surface area contributed by atoms with Crippen molar-refractivity contribution in [3.63, 3.8) is 0 Å². The van der Waals surface area contributed by atoms with Crippen molar-refractivity contribution < 1.29 is 4.39 Å². The Labute approximate surface area is 123 Å². The lowest BCUT2D eigenvalue weighted by Gasteiger charge is -2.24. The predicted octanol–water partition coefficient (Wildman–Crippen LogP) is 6.04. The van der Waals surface area contributed by atoms with E-state index in [0.717, 1.165) is 30.4 Å². The summed E-state index contributed by atoms with van der Waals surface area (Å²) in [6.07, 6.45) is 2.70. The van der Waals surface area contributed by atoms with Crippen molar-refractivity contribution in [2.24, 2.45) is 5.41 Å². The Bertz CT molecular complexity index is 457. The molecule has 0 heterocycles. The van der Waals surface area contributed by atoms with Gasteiger partial charge in [-0.15, -0.1) is 0 Å². The first-order valence-electron chi connectivity index (χ1n) is 5.62. The van der Waals surface area contributed by atoms with E-state index in [1.54, 1.807) is 0 Å². The highest BCUT2D eigenvalue weighted by Crippen LogP contribution is 2.48. The lowest BCUT2D eigenvalue weighted by atomic mass is 9.84. The Kier molecular flexibility index (Phi) is 3.92. The lowest BCUT2D eigenvalue weighted by molar-refractivity contribution is 0.316. The Morgan fingerprint density at radius 2 is 2.12 bits per heavy atom. The molecule has 1 atom stereocenters. The van der Waals surface area contributed by atoms with Crippen LogP contribution in [0.4, 0.5) is 4.39 Å². The van der Waals surface area contributed by atoms with Crippen LogP contribution >= 0.6 is 43.5 Å². The van der Waals surface area contributed by atoms with E-state index >= 15 is 0 Å². The van der Waals surface area contributed by atoms with Crippen LogP contribution in [0.1, 0.15) is 42.6 Å². The molecule has 0 aromatic heterocycles. The highest BCUT2D eigenvalue weighted by atomic mass is 79.9. The highest BCUT2D eigenvalue weighted by molar-refractivity contribution is 9.10. The van der Waals surface area contributed by atoms with Gasteiger partial charge in [-0.1, -0.05) is 41.4 Å². The Hall–Kier alpha value is 0.400. The SMILES string of the molecule is CC1(C)CCc2c(F)cc(Br)c(Cl)c2C(Br)C1. The maximum absolute atomic E-state index is 14.0. The third-order valence-electron chi connectivity index (χ3n) is 3.41. The van der Waals surface area contributed by atoms with Crippen LogP contribution in [-0.2, 0) is 6.42 Å². The fourth-order valence-corrected chi connectivity index (χ4v) is 4.61. The third-order valence-corrected chi connectivity index (χ3v) is 5.45. The molecule has 0 saturated heterocycles. The molecule has 0 fully saturated rings. The maximum atomic E-state index is 14.0. The molecule has 17 heavy (non-hydrogen) atoms. The van der Waals surface area contributed by atoms with Gasteiger partial charge in [-0.3, -0.25) is 0 Å². The number of alkyl halides is 1. The number of halogens is 4. The third kappa shape index (κ3) is 2.71. The van der Waals surface area contributed by atoms with Gasteiger partial charge in [0.15, 0.2) is 0 Å². The molecule has 1 unspecified atom stereocenters. The van der Waals surface area contributed by atoms with E-state index in [9.17, 15) is 4.39 Å². The van der Waals surface area contributed by atoms with Crippen molar-refractivity contribution in [3.8, 4) is 0 Å². The molecule has 0 N–H and O–H groups in total. The number of hydrogen-bond donors (Lipinski definition) is 0. The molecule has 0 spiro atoms. The van der Waals surface area contributed by atoms with Crippen molar-refractivity contribution >= 4 is 43.5 Å². The van der Waals surface area contributed by atoms with E-state index in [1.807, 2.05) is 0 Å². The molecule has 1 aromatic carbocycles. The van der Waals surface area contributed by atoms with Gasteiger partial charge >= 0.3 is 0 Å². The molecule has 0 nitrogen and oxygen atoms in total. The summed E-state index contributed by atoms with van der Waals surface area (Å²) in [6, 6.07) is 1.47. The van der Waals surface area contributed by atoms with Gasteiger partial charge in [-0.05, 0) is 57.8 Å².